The molecule has 0 atom stereocenters. The van der Waals surface area contributed by atoms with Gasteiger partial charge in [-0.2, -0.15) is 5.10 Å². The van der Waals surface area contributed by atoms with E-state index in [9.17, 15) is 5.11 Å². The molecule has 0 unspecified atom stereocenters. The maximum atomic E-state index is 10.9. The molecule has 0 aromatic heterocycles. The fourth-order valence-electron chi connectivity index (χ4n) is 4.30. The fourth-order valence-corrected chi connectivity index (χ4v) is 4.30. The zero-order valence-electron chi connectivity index (χ0n) is 21.3. The zero-order valence-corrected chi connectivity index (χ0v) is 21.3. The average molecular weight is 436 g/mol. The first-order valence-electron chi connectivity index (χ1n) is 11.8. The summed E-state index contributed by atoms with van der Waals surface area (Å²) in [6.45, 7) is 22.1. The van der Waals surface area contributed by atoms with E-state index in [1.54, 1.807) is 0 Å². The van der Waals surface area contributed by atoms with E-state index in [-0.39, 0.29) is 10.8 Å². The molecule has 2 aromatic rings. The Morgan fingerprint density at radius 1 is 0.875 bits per heavy atom. The van der Waals surface area contributed by atoms with Crippen molar-refractivity contribution < 1.29 is 5.11 Å². The highest BCUT2D eigenvalue weighted by Crippen LogP contribution is 2.39. The normalized spacial score (nSPS) is 16.2. The minimum Gasteiger partial charge on any atom is -0.507 e. The lowest BCUT2D eigenvalue weighted by Gasteiger charge is -2.33. The SMILES string of the molecule is Cc1ccc(CN2CCN(N=Cc3cc(C(C)(C)C)c(O)c(C(C)(C)C)c3)CC2)c(C)c1. The fraction of sp³-hybridized carbons (Fsp3) is 0.536. The van der Waals surface area contributed by atoms with Crippen molar-refractivity contribution in [3.05, 3.63) is 63.7 Å². The van der Waals surface area contributed by atoms with E-state index >= 15 is 0 Å². The highest BCUT2D eigenvalue weighted by molar-refractivity contribution is 5.81. The molecule has 2 aromatic carbocycles. The van der Waals surface area contributed by atoms with Crippen LogP contribution in [0.1, 0.15) is 74.9 Å². The summed E-state index contributed by atoms with van der Waals surface area (Å²) in [5, 5.41) is 17.9. The maximum Gasteiger partial charge on any atom is 0.123 e. The van der Waals surface area contributed by atoms with E-state index in [0.29, 0.717) is 5.75 Å². The minimum absolute atomic E-state index is 0.131. The standard InChI is InChI=1S/C28H41N3O/c1-20-9-10-23(21(2)15-20)19-30-11-13-31(14-12-30)29-18-22-16-24(27(3,4)5)26(32)25(17-22)28(6,7)8/h9-10,15-18,32H,11-14,19H2,1-8H3. The molecule has 32 heavy (non-hydrogen) atoms. The van der Waals surface area contributed by atoms with Crippen LogP contribution in [0.15, 0.2) is 35.4 Å². The summed E-state index contributed by atoms with van der Waals surface area (Å²) in [6.07, 6.45) is 1.96. The van der Waals surface area contributed by atoms with Gasteiger partial charge in [0.05, 0.1) is 6.21 Å². The van der Waals surface area contributed by atoms with Crippen molar-refractivity contribution in [3.8, 4) is 5.75 Å². The molecule has 3 rings (SSSR count). The van der Waals surface area contributed by atoms with Crippen LogP contribution >= 0.6 is 0 Å². The summed E-state index contributed by atoms with van der Waals surface area (Å²) in [7, 11) is 0. The molecule has 4 heteroatoms. The van der Waals surface area contributed by atoms with Gasteiger partial charge in [0.15, 0.2) is 0 Å². The Kier molecular flexibility index (Phi) is 7.04. The lowest BCUT2D eigenvalue weighted by molar-refractivity contribution is 0.131. The van der Waals surface area contributed by atoms with Gasteiger partial charge in [-0.1, -0.05) is 65.3 Å². The van der Waals surface area contributed by atoms with Crippen LogP contribution in [0.4, 0.5) is 0 Å². The molecule has 1 N–H and O–H groups in total. The summed E-state index contributed by atoms with van der Waals surface area (Å²) < 4.78 is 0. The molecule has 0 radical (unpaired) electrons. The van der Waals surface area contributed by atoms with Gasteiger partial charge in [0.25, 0.3) is 0 Å². The number of phenols is 1. The Hall–Kier alpha value is -2.33. The van der Waals surface area contributed by atoms with Gasteiger partial charge < -0.3 is 5.11 Å². The van der Waals surface area contributed by atoms with Crippen molar-refractivity contribution in [1.82, 2.24) is 9.91 Å². The molecule has 4 nitrogen and oxygen atoms in total. The van der Waals surface area contributed by atoms with Crippen molar-refractivity contribution >= 4 is 6.21 Å². The molecule has 0 spiro atoms. The number of hydrogen-bond acceptors (Lipinski definition) is 4. The number of aryl methyl sites for hydroxylation is 2. The van der Waals surface area contributed by atoms with Crippen molar-refractivity contribution in [2.75, 3.05) is 26.2 Å². The smallest absolute Gasteiger partial charge is 0.123 e. The van der Waals surface area contributed by atoms with Crippen LogP contribution in [0.3, 0.4) is 0 Å². The molecule has 1 heterocycles. The van der Waals surface area contributed by atoms with Crippen LogP contribution < -0.4 is 0 Å². The van der Waals surface area contributed by atoms with Crippen molar-refractivity contribution in [1.29, 1.82) is 0 Å². The van der Waals surface area contributed by atoms with Crippen LogP contribution in [0.5, 0.6) is 5.75 Å². The molecule has 0 amide bonds. The number of piperazine rings is 1. The van der Waals surface area contributed by atoms with Gasteiger partial charge in [0.1, 0.15) is 5.75 Å². The first kappa shape index (κ1) is 24.3. The third kappa shape index (κ3) is 5.92. The Bertz CT molecular complexity index is 936. The molecule has 0 saturated carbocycles. The molecule has 0 aliphatic carbocycles. The van der Waals surface area contributed by atoms with Crippen molar-refractivity contribution in [2.45, 2.75) is 72.8 Å². The largest absolute Gasteiger partial charge is 0.507 e. The van der Waals surface area contributed by atoms with E-state index in [2.05, 4.69) is 95.6 Å². The van der Waals surface area contributed by atoms with Gasteiger partial charge in [-0.3, -0.25) is 9.91 Å². The predicted octanol–water partition coefficient (Wildman–Crippen LogP) is 5.76. The molecule has 1 aliphatic heterocycles. The maximum absolute atomic E-state index is 10.9. The van der Waals surface area contributed by atoms with E-state index < -0.39 is 0 Å². The molecule has 1 fully saturated rings. The Morgan fingerprint density at radius 2 is 1.44 bits per heavy atom. The van der Waals surface area contributed by atoms with Crippen molar-refractivity contribution in [2.24, 2.45) is 5.10 Å². The molecule has 1 aliphatic rings. The van der Waals surface area contributed by atoms with Gasteiger partial charge in [0.2, 0.25) is 0 Å². The number of rotatable bonds is 4. The highest BCUT2D eigenvalue weighted by Gasteiger charge is 2.26. The van der Waals surface area contributed by atoms with E-state index in [1.807, 2.05) is 6.21 Å². The van der Waals surface area contributed by atoms with Crippen molar-refractivity contribution in [3.63, 3.8) is 0 Å². The Morgan fingerprint density at radius 3 is 1.94 bits per heavy atom. The summed E-state index contributed by atoms with van der Waals surface area (Å²) in [4.78, 5) is 2.51. The first-order chi connectivity index (χ1) is 14.8. The number of phenolic OH excluding ortho intramolecular Hbond substituents is 1. The summed E-state index contributed by atoms with van der Waals surface area (Å²) in [6, 6.07) is 10.9. The van der Waals surface area contributed by atoms with E-state index in [0.717, 1.165) is 49.4 Å². The van der Waals surface area contributed by atoms with Crippen LogP contribution in [-0.4, -0.2) is 47.4 Å². The van der Waals surface area contributed by atoms with Crippen LogP contribution in [0.25, 0.3) is 0 Å². The van der Waals surface area contributed by atoms with E-state index in [1.165, 1.54) is 16.7 Å². The number of hydrazone groups is 1. The monoisotopic (exact) mass is 435 g/mol. The summed E-state index contributed by atoms with van der Waals surface area (Å²) in [5.74, 6) is 0.419. The molecular weight excluding hydrogens is 394 g/mol. The lowest BCUT2D eigenvalue weighted by atomic mass is 9.78. The second-order valence-corrected chi connectivity index (χ2v) is 11.4. The van der Waals surface area contributed by atoms with Crippen LogP contribution in [-0.2, 0) is 17.4 Å². The number of nitrogens with zero attached hydrogens (tertiary/aromatic N) is 3. The number of hydrogen-bond donors (Lipinski definition) is 1. The van der Waals surface area contributed by atoms with Crippen LogP contribution in [0.2, 0.25) is 0 Å². The predicted molar refractivity (Wildman–Crippen MR) is 136 cm³/mol. The van der Waals surface area contributed by atoms with Gasteiger partial charge in [-0.15, -0.1) is 0 Å². The Labute approximate surface area is 195 Å². The van der Waals surface area contributed by atoms with Gasteiger partial charge >= 0.3 is 0 Å². The van der Waals surface area contributed by atoms with Gasteiger partial charge in [-0.05, 0) is 53.5 Å². The minimum atomic E-state index is -0.131. The molecule has 174 valence electrons. The zero-order chi connectivity index (χ0) is 23.7. The first-order valence-corrected chi connectivity index (χ1v) is 11.8. The Balaban J connectivity index is 1.69. The van der Waals surface area contributed by atoms with Crippen LogP contribution in [0, 0.1) is 13.8 Å². The quantitative estimate of drug-likeness (QED) is 0.621. The summed E-state index contributed by atoms with van der Waals surface area (Å²) >= 11 is 0. The molecule has 1 saturated heterocycles. The third-order valence-electron chi connectivity index (χ3n) is 6.36. The summed E-state index contributed by atoms with van der Waals surface area (Å²) in [5.41, 5.74) is 6.86. The number of benzene rings is 2. The number of aromatic hydroxyl groups is 1. The highest BCUT2D eigenvalue weighted by atomic mass is 16.3. The molecule has 0 bridgehead atoms. The molecular formula is C28H41N3O. The van der Waals surface area contributed by atoms with Gasteiger partial charge in [0, 0.05) is 43.9 Å². The second-order valence-electron chi connectivity index (χ2n) is 11.4. The second kappa shape index (κ2) is 9.27. The lowest BCUT2D eigenvalue weighted by Crippen LogP contribution is -2.43. The topological polar surface area (TPSA) is 39.1 Å². The van der Waals surface area contributed by atoms with E-state index in [4.69, 9.17) is 5.10 Å². The third-order valence-corrected chi connectivity index (χ3v) is 6.36. The average Bonchev–Trinajstić information content (AvgIpc) is 2.68. The van der Waals surface area contributed by atoms with Gasteiger partial charge in [-0.25, -0.2) is 0 Å².